The first-order chi connectivity index (χ1) is 8.09. The zero-order valence-corrected chi connectivity index (χ0v) is 12.1. The Bertz CT molecular complexity index is 433. The van der Waals surface area contributed by atoms with Gasteiger partial charge in [0, 0.05) is 11.5 Å². The minimum absolute atomic E-state index is 0.100. The number of rotatable bonds is 2. The second-order valence-corrected chi connectivity index (χ2v) is 6.33. The summed E-state index contributed by atoms with van der Waals surface area (Å²) in [4.78, 5) is 13.9. The lowest BCUT2D eigenvalue weighted by Gasteiger charge is -2.22. The summed E-state index contributed by atoms with van der Waals surface area (Å²) in [5.41, 5.74) is 7.33. The summed E-state index contributed by atoms with van der Waals surface area (Å²) in [6.45, 7) is 0. The minimum atomic E-state index is 0.100. The number of thioether (sulfide) groups is 1. The second kappa shape index (κ2) is 5.31. The molecule has 3 nitrogen and oxygen atoms in total. The predicted octanol–water partition coefficient (Wildman–Crippen LogP) is 2.89. The topological polar surface area (TPSA) is 46.3 Å². The highest BCUT2D eigenvalue weighted by atomic mass is 79.9. The molecule has 0 aliphatic carbocycles. The number of nitrogens with zero attached hydrogens (tertiary/aromatic N) is 1. The van der Waals surface area contributed by atoms with Crippen molar-refractivity contribution < 1.29 is 4.79 Å². The van der Waals surface area contributed by atoms with Crippen molar-refractivity contribution in [3.05, 3.63) is 22.7 Å². The van der Waals surface area contributed by atoms with Gasteiger partial charge in [0.1, 0.15) is 0 Å². The van der Waals surface area contributed by atoms with Gasteiger partial charge in [-0.05, 0) is 36.8 Å². The molecule has 1 amide bonds. The van der Waals surface area contributed by atoms with Crippen LogP contribution in [0.15, 0.2) is 22.7 Å². The molecule has 2 rings (SSSR count). The largest absolute Gasteiger partial charge is 0.397 e. The fourth-order valence-corrected chi connectivity index (χ4v) is 3.57. The maximum Gasteiger partial charge on any atom is 0.239 e. The van der Waals surface area contributed by atoms with E-state index in [1.165, 1.54) is 0 Å². The molecule has 5 heteroatoms. The van der Waals surface area contributed by atoms with E-state index in [1.54, 1.807) is 23.7 Å². The third-order valence-corrected chi connectivity index (χ3v) is 4.74. The van der Waals surface area contributed by atoms with Gasteiger partial charge in [-0.3, -0.25) is 4.79 Å². The van der Waals surface area contributed by atoms with E-state index in [0.29, 0.717) is 5.69 Å². The van der Waals surface area contributed by atoms with Crippen LogP contribution in [0.1, 0.15) is 12.8 Å². The smallest absolute Gasteiger partial charge is 0.239 e. The van der Waals surface area contributed by atoms with Crippen LogP contribution >= 0.6 is 27.7 Å². The highest BCUT2D eigenvalue weighted by Crippen LogP contribution is 2.31. The van der Waals surface area contributed by atoms with Crippen molar-refractivity contribution in [2.75, 3.05) is 23.4 Å². The van der Waals surface area contributed by atoms with E-state index in [2.05, 4.69) is 15.9 Å². The van der Waals surface area contributed by atoms with Gasteiger partial charge in [-0.15, -0.1) is 11.8 Å². The summed E-state index contributed by atoms with van der Waals surface area (Å²) < 4.78 is 0.926. The Morgan fingerprint density at radius 1 is 1.59 bits per heavy atom. The number of carbonyl (C=O) groups excluding carboxylic acids is 1. The lowest BCUT2D eigenvalue weighted by Crippen LogP contribution is -2.34. The summed E-state index contributed by atoms with van der Waals surface area (Å²) in [5, 5.41) is 0.100. The highest BCUT2D eigenvalue weighted by Gasteiger charge is 2.27. The van der Waals surface area contributed by atoms with Crippen molar-refractivity contribution >= 4 is 45.0 Å². The summed E-state index contributed by atoms with van der Waals surface area (Å²) in [5.74, 6) is 1.24. The quantitative estimate of drug-likeness (QED) is 0.854. The van der Waals surface area contributed by atoms with Crippen molar-refractivity contribution in [2.45, 2.75) is 18.1 Å². The van der Waals surface area contributed by atoms with Crippen LogP contribution in [-0.2, 0) is 4.79 Å². The third kappa shape index (κ3) is 2.77. The molecule has 1 aromatic rings. The highest BCUT2D eigenvalue weighted by molar-refractivity contribution is 9.10. The predicted molar refractivity (Wildman–Crippen MR) is 77.4 cm³/mol. The molecular weight excluding hydrogens is 300 g/mol. The molecule has 0 aromatic heterocycles. The number of nitrogens with two attached hydrogens (primary N) is 1. The van der Waals surface area contributed by atoms with Gasteiger partial charge in [0.2, 0.25) is 5.91 Å². The molecule has 0 spiro atoms. The maximum atomic E-state index is 12.2. The number of amides is 1. The Balaban J connectivity index is 2.18. The first-order valence-corrected chi connectivity index (χ1v) is 7.38. The van der Waals surface area contributed by atoms with Crippen molar-refractivity contribution in [1.82, 2.24) is 0 Å². The van der Waals surface area contributed by atoms with Crippen LogP contribution < -0.4 is 10.6 Å². The molecule has 1 aliphatic rings. The Labute approximate surface area is 114 Å². The van der Waals surface area contributed by atoms with Crippen LogP contribution in [0.3, 0.4) is 0 Å². The van der Waals surface area contributed by atoms with Gasteiger partial charge in [0.25, 0.3) is 0 Å². The fraction of sp³-hybridized carbons (Fsp3) is 0.417. The molecular formula is C12H15BrN2OS. The summed E-state index contributed by atoms with van der Waals surface area (Å²) in [6, 6.07) is 5.59. The maximum absolute atomic E-state index is 12.2. The second-order valence-electron chi connectivity index (χ2n) is 4.10. The Morgan fingerprint density at radius 2 is 2.35 bits per heavy atom. The van der Waals surface area contributed by atoms with Gasteiger partial charge in [-0.1, -0.05) is 15.9 Å². The molecule has 17 heavy (non-hydrogen) atoms. The average Bonchev–Trinajstić information content (AvgIpc) is 2.80. The number of anilines is 2. The van der Waals surface area contributed by atoms with Crippen molar-refractivity contribution in [3.8, 4) is 0 Å². The zero-order valence-electron chi connectivity index (χ0n) is 9.65. The number of nitrogen functional groups attached to an aromatic ring is 1. The molecule has 0 bridgehead atoms. The van der Waals surface area contributed by atoms with E-state index in [-0.39, 0.29) is 11.2 Å². The zero-order chi connectivity index (χ0) is 12.4. The summed E-state index contributed by atoms with van der Waals surface area (Å²) >= 11 is 5.10. The molecule has 92 valence electrons. The standard InChI is InChI=1S/C12H15BrN2OS/c1-15(12(16)11-3-2-6-17-11)10-5-4-8(13)7-9(10)14/h4-5,7,11H,2-3,6,14H2,1H3. The number of halogens is 1. The number of hydrogen-bond acceptors (Lipinski definition) is 3. The van der Waals surface area contributed by atoms with E-state index < -0.39 is 0 Å². The lowest BCUT2D eigenvalue weighted by atomic mass is 10.2. The molecule has 0 saturated carbocycles. The lowest BCUT2D eigenvalue weighted by molar-refractivity contribution is -0.117. The fourth-order valence-electron chi connectivity index (χ4n) is 1.94. The number of benzene rings is 1. The molecule has 1 atom stereocenters. The van der Waals surface area contributed by atoms with E-state index in [0.717, 1.165) is 28.8 Å². The molecule has 1 fully saturated rings. The van der Waals surface area contributed by atoms with Gasteiger partial charge >= 0.3 is 0 Å². The number of carbonyl (C=O) groups is 1. The Morgan fingerprint density at radius 3 is 2.94 bits per heavy atom. The number of hydrogen-bond donors (Lipinski definition) is 1. The normalized spacial score (nSPS) is 19.3. The molecule has 1 heterocycles. The van der Waals surface area contributed by atoms with Crippen molar-refractivity contribution in [2.24, 2.45) is 0 Å². The Hall–Kier alpha value is -0.680. The monoisotopic (exact) mass is 314 g/mol. The Kier molecular flexibility index (Phi) is 3.99. The van der Waals surface area contributed by atoms with E-state index in [4.69, 9.17) is 5.73 Å². The van der Waals surface area contributed by atoms with Gasteiger partial charge in [-0.2, -0.15) is 0 Å². The van der Waals surface area contributed by atoms with E-state index >= 15 is 0 Å². The first-order valence-electron chi connectivity index (χ1n) is 5.54. The van der Waals surface area contributed by atoms with Crippen molar-refractivity contribution in [1.29, 1.82) is 0 Å². The minimum Gasteiger partial charge on any atom is -0.397 e. The van der Waals surface area contributed by atoms with E-state index in [1.807, 2.05) is 18.2 Å². The van der Waals surface area contributed by atoms with Crippen LogP contribution in [0.25, 0.3) is 0 Å². The molecule has 0 radical (unpaired) electrons. The van der Waals surface area contributed by atoms with Gasteiger partial charge in [0.15, 0.2) is 0 Å². The average molecular weight is 315 g/mol. The van der Waals surface area contributed by atoms with Crippen LogP contribution in [0.4, 0.5) is 11.4 Å². The summed E-state index contributed by atoms with van der Waals surface area (Å²) in [6.07, 6.45) is 2.11. The van der Waals surface area contributed by atoms with Crippen LogP contribution in [-0.4, -0.2) is 24.0 Å². The molecule has 2 N–H and O–H groups in total. The molecule has 1 aromatic carbocycles. The molecule has 1 saturated heterocycles. The van der Waals surface area contributed by atoms with Gasteiger partial charge in [-0.25, -0.2) is 0 Å². The van der Waals surface area contributed by atoms with E-state index in [9.17, 15) is 4.79 Å². The van der Waals surface area contributed by atoms with Crippen LogP contribution in [0.5, 0.6) is 0 Å². The molecule has 1 aliphatic heterocycles. The van der Waals surface area contributed by atoms with Crippen molar-refractivity contribution in [3.63, 3.8) is 0 Å². The third-order valence-electron chi connectivity index (χ3n) is 2.89. The van der Waals surface area contributed by atoms with Crippen LogP contribution in [0.2, 0.25) is 0 Å². The summed E-state index contributed by atoms with van der Waals surface area (Å²) in [7, 11) is 1.79. The van der Waals surface area contributed by atoms with Crippen LogP contribution in [0, 0.1) is 0 Å². The van der Waals surface area contributed by atoms with Gasteiger partial charge < -0.3 is 10.6 Å². The first kappa shape index (κ1) is 12.8. The van der Waals surface area contributed by atoms with Gasteiger partial charge in [0.05, 0.1) is 16.6 Å². The SMILES string of the molecule is CN(C(=O)C1CCCS1)c1ccc(Br)cc1N. The molecule has 1 unspecified atom stereocenters.